The molecule has 0 unspecified atom stereocenters. The van der Waals surface area contributed by atoms with Gasteiger partial charge in [0.15, 0.2) is 0 Å². The third-order valence-corrected chi connectivity index (χ3v) is 6.19. The van der Waals surface area contributed by atoms with Gasteiger partial charge >= 0.3 is 6.09 Å². The van der Waals surface area contributed by atoms with Crippen LogP contribution >= 0.6 is 11.3 Å². The maximum atomic E-state index is 12.0. The number of aromatic nitrogens is 1. The molecule has 1 aliphatic rings. The Bertz CT molecular complexity index is 885. The number of benzene rings is 1. The van der Waals surface area contributed by atoms with Crippen LogP contribution in [0.2, 0.25) is 0 Å². The Labute approximate surface area is 188 Å². The van der Waals surface area contributed by atoms with Crippen molar-refractivity contribution in [1.82, 2.24) is 10.4 Å². The van der Waals surface area contributed by atoms with Crippen LogP contribution in [-0.4, -0.2) is 27.9 Å². The lowest BCUT2D eigenvalue weighted by molar-refractivity contribution is 0.130. The van der Waals surface area contributed by atoms with Crippen LogP contribution in [-0.2, 0) is 4.74 Å². The van der Waals surface area contributed by atoms with Crippen molar-refractivity contribution in [2.75, 3.05) is 10.5 Å². The first kappa shape index (κ1) is 23.5. The minimum atomic E-state index is -0.528. The van der Waals surface area contributed by atoms with E-state index in [1.54, 1.807) is 31.3 Å². The zero-order valence-electron chi connectivity index (χ0n) is 19.1. The van der Waals surface area contributed by atoms with Gasteiger partial charge in [0.2, 0.25) is 0 Å². The zero-order valence-corrected chi connectivity index (χ0v) is 19.9. The molecule has 31 heavy (non-hydrogen) atoms. The van der Waals surface area contributed by atoms with Crippen molar-refractivity contribution in [2.45, 2.75) is 84.3 Å². The lowest BCUT2D eigenvalue weighted by atomic mass is 9.90. The van der Waals surface area contributed by atoms with E-state index in [9.17, 15) is 10.0 Å². The lowest BCUT2D eigenvalue weighted by Gasteiger charge is -2.29. The molecule has 3 rings (SSSR count). The average Bonchev–Trinajstić information content (AvgIpc) is 3.16. The van der Waals surface area contributed by atoms with Gasteiger partial charge in [-0.05, 0) is 65.7 Å². The number of ether oxygens (including phenoxy) is 1. The van der Waals surface area contributed by atoms with E-state index in [-0.39, 0.29) is 11.6 Å². The Hall–Kier alpha value is -2.16. The maximum Gasteiger partial charge on any atom is 0.411 e. The van der Waals surface area contributed by atoms with Crippen molar-refractivity contribution in [3.63, 3.8) is 0 Å². The SMILES string of the molecule is CC(C)OC(=O)Nc1ccc(-c2cnc(C3CCCCC3)s2)c(N(O)NC(C)(C)C)c1. The molecule has 0 bridgehead atoms. The Kier molecular flexibility index (Phi) is 7.56. The number of hydrogen-bond acceptors (Lipinski definition) is 7. The van der Waals surface area contributed by atoms with Gasteiger partial charge in [0.05, 0.1) is 21.7 Å². The smallest absolute Gasteiger partial charge is 0.411 e. The average molecular weight is 447 g/mol. The van der Waals surface area contributed by atoms with Crippen LogP contribution in [0.25, 0.3) is 10.4 Å². The molecule has 0 saturated heterocycles. The second-order valence-corrected chi connectivity index (χ2v) is 10.4. The fraction of sp³-hybridized carbons (Fsp3) is 0.565. The number of amides is 1. The second-order valence-electron chi connectivity index (χ2n) is 9.38. The molecule has 8 heteroatoms. The van der Waals surface area contributed by atoms with Crippen molar-refractivity contribution >= 4 is 28.8 Å². The van der Waals surface area contributed by atoms with Crippen LogP contribution in [0.4, 0.5) is 16.2 Å². The van der Waals surface area contributed by atoms with Gasteiger partial charge in [0.1, 0.15) is 0 Å². The first-order chi connectivity index (χ1) is 14.6. The van der Waals surface area contributed by atoms with Crippen molar-refractivity contribution in [2.24, 2.45) is 0 Å². The van der Waals surface area contributed by atoms with Gasteiger partial charge in [0.25, 0.3) is 0 Å². The van der Waals surface area contributed by atoms with E-state index in [1.807, 2.05) is 39.1 Å². The molecule has 0 atom stereocenters. The van der Waals surface area contributed by atoms with Crippen molar-refractivity contribution in [3.8, 4) is 10.4 Å². The molecule has 1 amide bonds. The van der Waals surface area contributed by atoms with Gasteiger partial charge in [0, 0.05) is 28.9 Å². The second kappa shape index (κ2) is 9.97. The van der Waals surface area contributed by atoms with Crippen LogP contribution in [0.15, 0.2) is 24.4 Å². The van der Waals surface area contributed by atoms with Crippen molar-refractivity contribution < 1.29 is 14.7 Å². The topological polar surface area (TPSA) is 86.7 Å². The van der Waals surface area contributed by atoms with Gasteiger partial charge < -0.3 is 4.74 Å². The normalized spacial score (nSPS) is 15.2. The van der Waals surface area contributed by atoms with E-state index < -0.39 is 6.09 Å². The molecule has 170 valence electrons. The first-order valence-electron chi connectivity index (χ1n) is 11.0. The van der Waals surface area contributed by atoms with Gasteiger partial charge in [-0.1, -0.05) is 19.3 Å². The molecule has 3 N–H and O–H groups in total. The molecule has 1 saturated carbocycles. The largest absolute Gasteiger partial charge is 0.447 e. The fourth-order valence-electron chi connectivity index (χ4n) is 3.68. The van der Waals surface area contributed by atoms with Crippen LogP contribution in [0.1, 0.15) is 77.6 Å². The quantitative estimate of drug-likeness (QED) is 0.451. The summed E-state index contributed by atoms with van der Waals surface area (Å²) >= 11 is 1.68. The van der Waals surface area contributed by atoms with Crippen LogP contribution < -0.4 is 15.9 Å². The molecular weight excluding hydrogens is 412 g/mol. The summed E-state index contributed by atoms with van der Waals surface area (Å²) in [5.41, 5.74) is 4.63. The molecule has 1 heterocycles. The van der Waals surface area contributed by atoms with E-state index in [0.29, 0.717) is 17.3 Å². The predicted molar refractivity (Wildman–Crippen MR) is 126 cm³/mol. The standard InChI is InChI=1S/C23H34N4O3S/c1-15(2)30-22(28)25-17-11-12-18(19(13-17)27(29)26-23(3,4)5)20-14-24-21(31-20)16-9-7-6-8-10-16/h11-16,26,29H,6-10H2,1-5H3,(H,25,28). The molecule has 0 radical (unpaired) electrons. The highest BCUT2D eigenvalue weighted by molar-refractivity contribution is 7.15. The molecule has 1 aromatic carbocycles. The molecule has 7 nitrogen and oxygen atoms in total. The van der Waals surface area contributed by atoms with E-state index >= 15 is 0 Å². The Morgan fingerprint density at radius 3 is 2.61 bits per heavy atom. The van der Waals surface area contributed by atoms with Crippen molar-refractivity contribution in [1.29, 1.82) is 0 Å². The fourth-order valence-corrected chi connectivity index (χ4v) is 4.80. The highest BCUT2D eigenvalue weighted by atomic mass is 32.1. The Morgan fingerprint density at radius 2 is 1.97 bits per heavy atom. The minimum absolute atomic E-state index is 0.217. The number of nitrogens with zero attached hydrogens (tertiary/aromatic N) is 2. The molecule has 1 fully saturated rings. The van der Waals surface area contributed by atoms with Gasteiger partial charge in [-0.25, -0.2) is 15.2 Å². The first-order valence-corrected chi connectivity index (χ1v) is 11.8. The lowest BCUT2D eigenvalue weighted by Crippen LogP contribution is -2.47. The summed E-state index contributed by atoms with van der Waals surface area (Å²) in [6.07, 6.45) is 7.36. The molecule has 2 aromatic rings. The van der Waals surface area contributed by atoms with Gasteiger partial charge in [-0.3, -0.25) is 10.5 Å². The summed E-state index contributed by atoms with van der Waals surface area (Å²) < 4.78 is 5.17. The number of carbonyl (C=O) groups excluding carboxylic acids is 1. The number of anilines is 2. The van der Waals surface area contributed by atoms with E-state index in [2.05, 4.69) is 10.7 Å². The number of thiazole rings is 1. The number of carbonyl (C=O) groups is 1. The molecular formula is C23H34N4O3S. The van der Waals surface area contributed by atoms with Gasteiger partial charge in [-0.2, -0.15) is 5.17 Å². The number of hydrogen-bond donors (Lipinski definition) is 3. The number of hydrazine groups is 1. The summed E-state index contributed by atoms with van der Waals surface area (Å²) in [4.78, 5) is 17.7. The third kappa shape index (κ3) is 6.66. The van der Waals surface area contributed by atoms with Crippen LogP contribution in [0.3, 0.4) is 0 Å². The zero-order chi connectivity index (χ0) is 22.6. The summed E-state index contributed by atoms with van der Waals surface area (Å²) in [5, 5.41) is 15.7. The monoisotopic (exact) mass is 446 g/mol. The number of rotatable bonds is 6. The van der Waals surface area contributed by atoms with Crippen LogP contribution in [0, 0.1) is 0 Å². The highest BCUT2D eigenvalue weighted by Gasteiger charge is 2.22. The Balaban J connectivity index is 1.91. The predicted octanol–water partition coefficient (Wildman–Crippen LogP) is 6.31. The summed E-state index contributed by atoms with van der Waals surface area (Å²) in [5.74, 6) is 0.528. The molecule has 1 aliphatic carbocycles. The minimum Gasteiger partial charge on any atom is -0.447 e. The molecule has 0 aliphatic heterocycles. The summed E-state index contributed by atoms with van der Waals surface area (Å²) in [6.45, 7) is 9.48. The van der Waals surface area contributed by atoms with E-state index in [0.717, 1.165) is 20.6 Å². The van der Waals surface area contributed by atoms with Crippen molar-refractivity contribution in [3.05, 3.63) is 29.4 Å². The van der Waals surface area contributed by atoms with Gasteiger partial charge in [-0.15, -0.1) is 11.3 Å². The number of nitrogens with one attached hydrogen (secondary N) is 2. The highest BCUT2D eigenvalue weighted by Crippen LogP contribution is 2.40. The Morgan fingerprint density at radius 1 is 1.26 bits per heavy atom. The van der Waals surface area contributed by atoms with E-state index in [1.165, 1.54) is 32.1 Å². The van der Waals surface area contributed by atoms with E-state index in [4.69, 9.17) is 9.72 Å². The van der Waals surface area contributed by atoms with Crippen LogP contribution in [0.5, 0.6) is 0 Å². The summed E-state index contributed by atoms with van der Waals surface area (Å²) in [7, 11) is 0. The summed E-state index contributed by atoms with van der Waals surface area (Å²) in [6, 6.07) is 5.44. The third-order valence-electron chi connectivity index (χ3n) is 5.00. The molecule has 0 spiro atoms. The molecule has 1 aromatic heterocycles. The maximum absolute atomic E-state index is 12.0.